The van der Waals surface area contributed by atoms with Gasteiger partial charge in [-0.25, -0.2) is 15.0 Å². The van der Waals surface area contributed by atoms with E-state index in [1.165, 1.54) is 18.2 Å². The number of anilines is 3. The highest BCUT2D eigenvalue weighted by Crippen LogP contribution is 2.48. The number of ether oxygens (including phenoxy) is 1. The lowest BCUT2D eigenvalue weighted by Crippen LogP contribution is -2.62. The number of fused-ring (bicyclic) bond motifs is 1. The summed E-state index contributed by atoms with van der Waals surface area (Å²) in [6, 6.07) is 1.93. The van der Waals surface area contributed by atoms with Gasteiger partial charge in [0, 0.05) is 31.2 Å². The van der Waals surface area contributed by atoms with E-state index in [9.17, 15) is 4.79 Å². The Hall–Kier alpha value is -2.39. The van der Waals surface area contributed by atoms with E-state index >= 15 is 0 Å². The molecule has 0 radical (unpaired) electrons. The maximum atomic E-state index is 12.9. The third-order valence-corrected chi connectivity index (χ3v) is 9.05. The summed E-state index contributed by atoms with van der Waals surface area (Å²) in [7, 11) is 1.98. The number of pyridine rings is 1. The van der Waals surface area contributed by atoms with Crippen LogP contribution in [0.5, 0.6) is 0 Å². The summed E-state index contributed by atoms with van der Waals surface area (Å²) in [5.74, 6) is 1.83. The second-order valence-electron chi connectivity index (χ2n) is 10.0. The standard InChI is InChI=1S/C24H30N6O2S/c1-16-12-23(15-32-16)7-10-30(11-8-23)18-13-27-19(14-26-18)33-17-4-9-25-21-20(17)28-22(31)24(29(21)2)5-3-6-24/h4,9,13-14,16H,3,5-8,10-12,15H2,1-2H3,(H,28,31)/t16-/m0/s1. The monoisotopic (exact) mass is 466 g/mol. The van der Waals surface area contributed by atoms with Crippen molar-refractivity contribution in [1.29, 1.82) is 0 Å². The molecular weight excluding hydrogens is 436 g/mol. The average Bonchev–Trinajstić information content (AvgIpc) is 3.14. The normalized spacial score (nSPS) is 25.2. The number of nitrogens with one attached hydrogen (secondary N) is 1. The molecule has 1 amide bonds. The molecule has 2 spiro atoms. The molecular formula is C24H30N6O2S. The van der Waals surface area contributed by atoms with Crippen molar-refractivity contribution in [3.63, 3.8) is 0 Å². The Labute approximate surface area is 198 Å². The number of likely N-dealkylation sites (N-methyl/N-ethyl adjacent to an activating group) is 1. The fraction of sp³-hybridized carbons (Fsp3) is 0.583. The number of piperidine rings is 1. The first-order valence-electron chi connectivity index (χ1n) is 11.9. The molecule has 5 heterocycles. The van der Waals surface area contributed by atoms with Crippen molar-refractivity contribution in [2.45, 2.75) is 67.0 Å². The van der Waals surface area contributed by atoms with E-state index < -0.39 is 5.54 Å². The van der Waals surface area contributed by atoms with Crippen LogP contribution in [0.2, 0.25) is 0 Å². The van der Waals surface area contributed by atoms with Gasteiger partial charge in [-0.05, 0) is 56.9 Å². The molecule has 8 nitrogen and oxygen atoms in total. The Balaban J connectivity index is 1.16. The van der Waals surface area contributed by atoms with Crippen LogP contribution in [-0.2, 0) is 9.53 Å². The second kappa shape index (κ2) is 7.84. The van der Waals surface area contributed by atoms with Crippen molar-refractivity contribution in [3.8, 4) is 0 Å². The van der Waals surface area contributed by atoms with Gasteiger partial charge in [-0.3, -0.25) is 4.79 Å². The molecule has 1 N–H and O–H groups in total. The fourth-order valence-corrected chi connectivity index (χ4v) is 6.60. The van der Waals surface area contributed by atoms with Crippen LogP contribution in [0.3, 0.4) is 0 Å². The molecule has 174 valence electrons. The first kappa shape index (κ1) is 21.2. The molecule has 3 aliphatic heterocycles. The summed E-state index contributed by atoms with van der Waals surface area (Å²) in [5.41, 5.74) is 0.697. The van der Waals surface area contributed by atoms with Gasteiger partial charge in [-0.1, -0.05) is 11.8 Å². The molecule has 33 heavy (non-hydrogen) atoms. The minimum Gasteiger partial charge on any atom is -0.378 e. The van der Waals surface area contributed by atoms with Gasteiger partial charge >= 0.3 is 0 Å². The largest absolute Gasteiger partial charge is 0.378 e. The summed E-state index contributed by atoms with van der Waals surface area (Å²) in [4.78, 5) is 32.2. The smallest absolute Gasteiger partial charge is 0.250 e. The van der Waals surface area contributed by atoms with E-state index in [1.807, 2.05) is 25.5 Å². The number of carbonyl (C=O) groups is 1. The van der Waals surface area contributed by atoms with Gasteiger partial charge in [0.15, 0.2) is 5.82 Å². The van der Waals surface area contributed by atoms with Crippen LogP contribution >= 0.6 is 11.8 Å². The quantitative estimate of drug-likeness (QED) is 0.733. The molecule has 0 aromatic carbocycles. The summed E-state index contributed by atoms with van der Waals surface area (Å²) in [6.45, 7) is 5.06. The van der Waals surface area contributed by atoms with Crippen molar-refractivity contribution >= 4 is 35.0 Å². The van der Waals surface area contributed by atoms with Gasteiger partial charge in [0.1, 0.15) is 16.4 Å². The van der Waals surface area contributed by atoms with Gasteiger partial charge in [0.25, 0.3) is 0 Å². The van der Waals surface area contributed by atoms with Crippen LogP contribution < -0.4 is 15.1 Å². The van der Waals surface area contributed by atoms with Gasteiger partial charge < -0.3 is 19.9 Å². The molecule has 1 saturated carbocycles. The number of carbonyl (C=O) groups excluding carboxylic acids is 1. The molecule has 6 rings (SSSR count). The van der Waals surface area contributed by atoms with Crippen LogP contribution in [0.25, 0.3) is 0 Å². The van der Waals surface area contributed by atoms with E-state index in [1.54, 1.807) is 6.20 Å². The Morgan fingerprint density at radius 3 is 2.61 bits per heavy atom. The number of hydrogen-bond acceptors (Lipinski definition) is 8. The highest BCUT2D eigenvalue weighted by molar-refractivity contribution is 7.99. The number of hydrogen-bond donors (Lipinski definition) is 1. The SMILES string of the molecule is C[C@H]1CC2(CCN(c3cnc(Sc4ccnc5c4NC(=O)C4(CCC4)N5C)cn3)CC2)CO1. The zero-order valence-corrected chi connectivity index (χ0v) is 20.0. The molecule has 2 aromatic rings. The van der Waals surface area contributed by atoms with Gasteiger partial charge in [-0.2, -0.15) is 0 Å². The highest BCUT2D eigenvalue weighted by Gasteiger charge is 2.51. The van der Waals surface area contributed by atoms with E-state index in [0.717, 1.165) is 79.0 Å². The Kier molecular flexibility index (Phi) is 5.03. The Morgan fingerprint density at radius 1 is 1.15 bits per heavy atom. The van der Waals surface area contributed by atoms with Crippen molar-refractivity contribution in [2.75, 3.05) is 41.9 Å². The van der Waals surface area contributed by atoms with Crippen LogP contribution in [0.1, 0.15) is 45.4 Å². The van der Waals surface area contributed by atoms with Crippen LogP contribution in [-0.4, -0.2) is 59.2 Å². The molecule has 4 aliphatic rings. The number of rotatable bonds is 3. The number of amides is 1. The first-order valence-corrected chi connectivity index (χ1v) is 12.7. The molecule has 9 heteroatoms. The molecule has 1 atom stereocenters. The van der Waals surface area contributed by atoms with E-state index in [4.69, 9.17) is 9.72 Å². The van der Waals surface area contributed by atoms with E-state index in [-0.39, 0.29) is 5.91 Å². The topological polar surface area (TPSA) is 83.5 Å². The zero-order valence-electron chi connectivity index (χ0n) is 19.2. The Morgan fingerprint density at radius 2 is 1.97 bits per heavy atom. The maximum Gasteiger partial charge on any atom is 0.250 e. The molecule has 3 fully saturated rings. The fourth-order valence-electron chi connectivity index (χ4n) is 5.79. The van der Waals surface area contributed by atoms with Gasteiger partial charge in [0.05, 0.1) is 30.8 Å². The van der Waals surface area contributed by atoms with Gasteiger partial charge in [-0.15, -0.1) is 0 Å². The Bertz CT molecular complexity index is 1070. The summed E-state index contributed by atoms with van der Waals surface area (Å²) in [6.07, 6.45) is 12.2. The van der Waals surface area contributed by atoms with E-state index in [2.05, 4.69) is 32.0 Å². The van der Waals surface area contributed by atoms with Crippen molar-refractivity contribution in [2.24, 2.45) is 5.41 Å². The summed E-state index contributed by atoms with van der Waals surface area (Å²) in [5, 5.41) is 3.94. The van der Waals surface area contributed by atoms with Crippen LogP contribution in [0.4, 0.5) is 17.3 Å². The van der Waals surface area contributed by atoms with Crippen molar-refractivity contribution < 1.29 is 9.53 Å². The predicted molar refractivity (Wildman–Crippen MR) is 128 cm³/mol. The van der Waals surface area contributed by atoms with E-state index in [0.29, 0.717) is 11.5 Å². The number of nitrogens with zero attached hydrogens (tertiary/aromatic N) is 5. The lowest BCUT2D eigenvalue weighted by atomic mass is 9.73. The number of aromatic nitrogens is 3. The molecule has 2 aromatic heterocycles. The molecule has 2 saturated heterocycles. The third-order valence-electron chi connectivity index (χ3n) is 8.07. The van der Waals surface area contributed by atoms with Crippen LogP contribution in [0.15, 0.2) is 34.6 Å². The first-order chi connectivity index (χ1) is 16.0. The molecule has 0 unspecified atom stereocenters. The predicted octanol–water partition coefficient (Wildman–Crippen LogP) is 3.73. The molecule has 1 aliphatic carbocycles. The van der Waals surface area contributed by atoms with Gasteiger partial charge in [0.2, 0.25) is 5.91 Å². The maximum absolute atomic E-state index is 12.9. The lowest BCUT2D eigenvalue weighted by molar-refractivity contribution is -0.124. The van der Waals surface area contributed by atoms with Crippen molar-refractivity contribution in [1.82, 2.24) is 15.0 Å². The zero-order chi connectivity index (χ0) is 22.6. The minimum atomic E-state index is -0.430. The highest BCUT2D eigenvalue weighted by atomic mass is 32.2. The second-order valence-corrected chi connectivity index (χ2v) is 11.1. The third kappa shape index (κ3) is 3.47. The minimum absolute atomic E-state index is 0.0740. The lowest BCUT2D eigenvalue weighted by Gasteiger charge is -2.50. The summed E-state index contributed by atoms with van der Waals surface area (Å²) >= 11 is 1.51. The van der Waals surface area contributed by atoms with Crippen molar-refractivity contribution in [3.05, 3.63) is 24.7 Å². The summed E-state index contributed by atoms with van der Waals surface area (Å²) < 4.78 is 5.85. The molecule has 0 bridgehead atoms. The average molecular weight is 467 g/mol. The van der Waals surface area contributed by atoms with Crippen LogP contribution in [0, 0.1) is 5.41 Å².